The van der Waals surface area contributed by atoms with Gasteiger partial charge >= 0.3 is 0 Å². The van der Waals surface area contributed by atoms with E-state index in [9.17, 15) is 5.11 Å². The third-order valence-electron chi connectivity index (χ3n) is 3.61. The highest BCUT2D eigenvalue weighted by Crippen LogP contribution is 2.30. The molecule has 1 fully saturated rings. The first-order valence-corrected chi connectivity index (χ1v) is 6.11. The second kappa shape index (κ2) is 4.56. The molecular formula is C14H21NO. The van der Waals surface area contributed by atoms with Crippen molar-refractivity contribution in [2.45, 2.75) is 50.7 Å². The Morgan fingerprint density at radius 2 is 1.81 bits per heavy atom. The van der Waals surface area contributed by atoms with E-state index in [0.717, 1.165) is 32.1 Å². The fourth-order valence-electron chi connectivity index (χ4n) is 2.44. The molecule has 2 rings (SSSR count). The van der Waals surface area contributed by atoms with Gasteiger partial charge in [0.2, 0.25) is 0 Å². The molecule has 2 nitrogen and oxygen atoms in total. The van der Waals surface area contributed by atoms with Gasteiger partial charge in [-0.25, -0.2) is 0 Å². The molecule has 0 bridgehead atoms. The number of benzene rings is 1. The number of rotatable bonds is 2. The first-order chi connectivity index (χ1) is 7.57. The second-order valence-corrected chi connectivity index (χ2v) is 5.22. The standard InChI is InChI=1S/C14H21NO/c1-11-2-4-12(5-3-11)10-14(16)8-6-13(15)7-9-14/h2-5,13,16H,6-10,15H2,1H3. The van der Waals surface area contributed by atoms with Gasteiger partial charge in [-0.3, -0.25) is 0 Å². The van der Waals surface area contributed by atoms with Crippen LogP contribution >= 0.6 is 0 Å². The molecule has 1 aliphatic carbocycles. The van der Waals surface area contributed by atoms with Crippen LogP contribution in [0.5, 0.6) is 0 Å². The third kappa shape index (κ3) is 2.83. The lowest BCUT2D eigenvalue weighted by Crippen LogP contribution is -2.40. The lowest BCUT2D eigenvalue weighted by Gasteiger charge is -2.35. The summed E-state index contributed by atoms with van der Waals surface area (Å²) in [6, 6.07) is 8.72. The number of aryl methyl sites for hydroxylation is 1. The van der Waals surface area contributed by atoms with E-state index in [-0.39, 0.29) is 0 Å². The molecule has 0 unspecified atom stereocenters. The van der Waals surface area contributed by atoms with Crippen LogP contribution in [0.3, 0.4) is 0 Å². The summed E-state index contributed by atoms with van der Waals surface area (Å²) in [5.74, 6) is 0. The highest BCUT2D eigenvalue weighted by molar-refractivity contribution is 5.22. The Morgan fingerprint density at radius 3 is 2.38 bits per heavy atom. The minimum Gasteiger partial charge on any atom is -0.390 e. The molecule has 0 aliphatic heterocycles. The van der Waals surface area contributed by atoms with Crippen LogP contribution in [0.1, 0.15) is 36.8 Å². The molecule has 0 amide bonds. The maximum absolute atomic E-state index is 10.5. The van der Waals surface area contributed by atoms with Crippen molar-refractivity contribution in [1.82, 2.24) is 0 Å². The summed E-state index contributed by atoms with van der Waals surface area (Å²) in [7, 11) is 0. The molecule has 3 N–H and O–H groups in total. The van der Waals surface area contributed by atoms with Gasteiger partial charge < -0.3 is 10.8 Å². The summed E-state index contributed by atoms with van der Waals surface area (Å²) in [6.07, 6.45) is 4.33. The van der Waals surface area contributed by atoms with Gasteiger partial charge in [0.05, 0.1) is 5.60 Å². The maximum Gasteiger partial charge on any atom is 0.0689 e. The zero-order chi connectivity index (χ0) is 11.6. The molecule has 0 radical (unpaired) electrons. The van der Waals surface area contributed by atoms with Gasteiger partial charge in [-0.15, -0.1) is 0 Å². The monoisotopic (exact) mass is 219 g/mol. The van der Waals surface area contributed by atoms with Gasteiger partial charge in [-0.05, 0) is 38.2 Å². The van der Waals surface area contributed by atoms with Gasteiger partial charge in [0.15, 0.2) is 0 Å². The Balaban J connectivity index is 2.00. The summed E-state index contributed by atoms with van der Waals surface area (Å²) in [4.78, 5) is 0. The second-order valence-electron chi connectivity index (χ2n) is 5.22. The van der Waals surface area contributed by atoms with Gasteiger partial charge in [0, 0.05) is 12.5 Å². The van der Waals surface area contributed by atoms with E-state index in [1.807, 2.05) is 0 Å². The highest BCUT2D eigenvalue weighted by atomic mass is 16.3. The Morgan fingerprint density at radius 1 is 1.25 bits per heavy atom. The number of nitrogens with two attached hydrogens (primary N) is 1. The minimum absolute atomic E-state index is 0.290. The quantitative estimate of drug-likeness (QED) is 0.800. The molecule has 0 atom stereocenters. The molecule has 1 aromatic carbocycles. The summed E-state index contributed by atoms with van der Waals surface area (Å²) in [6.45, 7) is 2.08. The molecular weight excluding hydrogens is 198 g/mol. The average molecular weight is 219 g/mol. The van der Waals surface area contributed by atoms with Crippen molar-refractivity contribution in [3.8, 4) is 0 Å². The molecule has 1 saturated carbocycles. The third-order valence-corrected chi connectivity index (χ3v) is 3.61. The Kier molecular flexibility index (Phi) is 3.31. The number of hydrogen-bond donors (Lipinski definition) is 2. The normalized spacial score (nSPS) is 30.3. The molecule has 0 aromatic heterocycles. The molecule has 0 saturated heterocycles. The number of aliphatic hydroxyl groups is 1. The lowest BCUT2D eigenvalue weighted by molar-refractivity contribution is 0.000213. The molecule has 0 heterocycles. The minimum atomic E-state index is -0.523. The summed E-state index contributed by atoms with van der Waals surface area (Å²) in [5, 5.41) is 10.5. The van der Waals surface area contributed by atoms with Crippen LogP contribution in [0.15, 0.2) is 24.3 Å². The fraction of sp³-hybridized carbons (Fsp3) is 0.571. The first kappa shape index (κ1) is 11.6. The maximum atomic E-state index is 10.5. The summed E-state index contributed by atoms with van der Waals surface area (Å²) < 4.78 is 0. The van der Waals surface area contributed by atoms with Crippen molar-refractivity contribution in [1.29, 1.82) is 0 Å². The molecule has 2 heteroatoms. The van der Waals surface area contributed by atoms with E-state index in [2.05, 4.69) is 31.2 Å². The topological polar surface area (TPSA) is 46.2 Å². The largest absolute Gasteiger partial charge is 0.390 e. The van der Waals surface area contributed by atoms with Gasteiger partial charge in [-0.1, -0.05) is 29.8 Å². The predicted octanol–water partition coefficient (Wildman–Crippen LogP) is 2.17. The average Bonchev–Trinajstić information content (AvgIpc) is 2.27. The van der Waals surface area contributed by atoms with Crippen LogP contribution in [0.4, 0.5) is 0 Å². The van der Waals surface area contributed by atoms with Crippen molar-refractivity contribution >= 4 is 0 Å². The first-order valence-electron chi connectivity index (χ1n) is 6.11. The lowest BCUT2D eigenvalue weighted by atomic mass is 9.79. The van der Waals surface area contributed by atoms with Crippen molar-refractivity contribution in [2.75, 3.05) is 0 Å². The van der Waals surface area contributed by atoms with E-state index in [0.29, 0.717) is 6.04 Å². The van der Waals surface area contributed by atoms with Crippen LogP contribution in [0, 0.1) is 6.92 Å². The van der Waals surface area contributed by atoms with Crippen LogP contribution in [0.2, 0.25) is 0 Å². The van der Waals surface area contributed by atoms with Crippen molar-refractivity contribution in [2.24, 2.45) is 5.73 Å². The van der Waals surface area contributed by atoms with Crippen LogP contribution in [-0.2, 0) is 6.42 Å². The molecule has 16 heavy (non-hydrogen) atoms. The van der Waals surface area contributed by atoms with E-state index < -0.39 is 5.60 Å². The van der Waals surface area contributed by atoms with E-state index in [4.69, 9.17) is 5.73 Å². The highest BCUT2D eigenvalue weighted by Gasteiger charge is 2.31. The van der Waals surface area contributed by atoms with Gasteiger partial charge in [0.25, 0.3) is 0 Å². The molecule has 1 aliphatic rings. The molecule has 0 spiro atoms. The van der Waals surface area contributed by atoms with Crippen molar-refractivity contribution in [3.63, 3.8) is 0 Å². The zero-order valence-corrected chi connectivity index (χ0v) is 9.95. The Labute approximate surface area is 97.5 Å². The fourth-order valence-corrected chi connectivity index (χ4v) is 2.44. The smallest absolute Gasteiger partial charge is 0.0689 e. The summed E-state index contributed by atoms with van der Waals surface area (Å²) in [5.41, 5.74) is 7.83. The van der Waals surface area contributed by atoms with Crippen LogP contribution < -0.4 is 5.73 Å². The van der Waals surface area contributed by atoms with Crippen molar-refractivity contribution in [3.05, 3.63) is 35.4 Å². The predicted molar refractivity (Wildman–Crippen MR) is 66.3 cm³/mol. The van der Waals surface area contributed by atoms with Gasteiger partial charge in [-0.2, -0.15) is 0 Å². The van der Waals surface area contributed by atoms with Crippen LogP contribution in [-0.4, -0.2) is 16.7 Å². The SMILES string of the molecule is Cc1ccc(CC2(O)CCC(N)CC2)cc1. The Bertz CT molecular complexity index is 336. The molecule has 1 aromatic rings. The van der Waals surface area contributed by atoms with Crippen molar-refractivity contribution < 1.29 is 5.11 Å². The summed E-state index contributed by atoms with van der Waals surface area (Å²) >= 11 is 0. The number of hydrogen-bond acceptors (Lipinski definition) is 2. The van der Waals surface area contributed by atoms with E-state index >= 15 is 0 Å². The molecule has 88 valence electrons. The van der Waals surface area contributed by atoms with Crippen LogP contribution in [0.25, 0.3) is 0 Å². The van der Waals surface area contributed by atoms with E-state index in [1.165, 1.54) is 11.1 Å². The Hall–Kier alpha value is -0.860. The van der Waals surface area contributed by atoms with Gasteiger partial charge in [0.1, 0.15) is 0 Å². The van der Waals surface area contributed by atoms with E-state index in [1.54, 1.807) is 0 Å². The zero-order valence-electron chi connectivity index (χ0n) is 9.95.